The number of carbonyl (C=O) groups is 2. The first-order valence-corrected chi connectivity index (χ1v) is 4.44. The summed E-state index contributed by atoms with van der Waals surface area (Å²) in [5.41, 5.74) is 1.44. The zero-order chi connectivity index (χ0) is 9.84. The third-order valence-corrected chi connectivity index (χ3v) is 1.87. The lowest BCUT2D eigenvalue weighted by atomic mass is 10.1. The van der Waals surface area contributed by atoms with Crippen LogP contribution in [-0.4, -0.2) is 11.6 Å². The first kappa shape index (κ1) is 9.65. The Labute approximate surface area is 77.6 Å². The molecular weight excluding hydrogens is 164 g/mol. The van der Waals surface area contributed by atoms with Crippen LogP contribution in [0, 0.1) is 0 Å². The Balaban J connectivity index is 0.000000396. The molecule has 0 amide bonds. The summed E-state index contributed by atoms with van der Waals surface area (Å²) >= 11 is 0. The average Bonchev–Trinajstić information content (AvgIpc) is 2.47. The molecule has 1 aromatic rings. The molecule has 0 heterocycles. The van der Waals surface area contributed by atoms with Crippen LogP contribution < -0.4 is 0 Å². The first-order chi connectivity index (χ1) is 6.29. The topological polar surface area (TPSA) is 34.1 Å². The molecule has 2 rings (SSSR count). The Hall–Kier alpha value is -1.44. The molecule has 0 bridgehead atoms. The van der Waals surface area contributed by atoms with Crippen molar-refractivity contribution < 1.29 is 9.59 Å². The number of ketones is 2. The second kappa shape index (κ2) is 3.99. The maximum atomic E-state index is 11.0. The monoisotopic (exact) mass is 176 g/mol. The molecule has 0 N–H and O–H groups in total. The van der Waals surface area contributed by atoms with Gasteiger partial charge in [0.25, 0.3) is 0 Å². The van der Waals surface area contributed by atoms with Gasteiger partial charge in [0.05, 0.1) is 0 Å². The number of benzene rings is 1. The van der Waals surface area contributed by atoms with Gasteiger partial charge in [-0.15, -0.1) is 0 Å². The van der Waals surface area contributed by atoms with Crippen molar-refractivity contribution in [3.63, 3.8) is 0 Å². The molecular formula is C11H12O2. The molecule has 13 heavy (non-hydrogen) atoms. The fraction of sp³-hybridized carbons (Fsp3) is 0.273. The van der Waals surface area contributed by atoms with E-state index in [2.05, 4.69) is 0 Å². The molecule has 2 nitrogen and oxygen atoms in total. The SMILES string of the molecule is CC.O=C1Cc2ccccc2C1=O. The van der Waals surface area contributed by atoms with Crippen molar-refractivity contribution in [1.82, 2.24) is 0 Å². The zero-order valence-corrected chi connectivity index (χ0v) is 7.83. The van der Waals surface area contributed by atoms with Crippen LogP contribution in [0.3, 0.4) is 0 Å². The van der Waals surface area contributed by atoms with Crippen LogP contribution in [0.2, 0.25) is 0 Å². The molecule has 0 aliphatic heterocycles. The van der Waals surface area contributed by atoms with Crippen LogP contribution in [0.15, 0.2) is 24.3 Å². The summed E-state index contributed by atoms with van der Waals surface area (Å²) in [7, 11) is 0. The Kier molecular flexibility index (Phi) is 2.96. The minimum atomic E-state index is -0.333. The minimum absolute atomic E-state index is 0.286. The number of carbonyl (C=O) groups excluding carboxylic acids is 2. The van der Waals surface area contributed by atoms with Crippen LogP contribution in [-0.2, 0) is 11.2 Å². The predicted octanol–water partition coefficient (Wildman–Crippen LogP) is 2.02. The van der Waals surface area contributed by atoms with Gasteiger partial charge in [-0.2, -0.15) is 0 Å². The standard InChI is InChI=1S/C9H6O2.C2H6/c10-8-5-6-3-1-2-4-7(6)9(8)11;1-2/h1-4H,5H2;1-2H3. The molecule has 1 aromatic carbocycles. The highest BCUT2D eigenvalue weighted by Gasteiger charge is 2.26. The summed E-state index contributed by atoms with van der Waals surface area (Å²) in [6.07, 6.45) is 0.287. The van der Waals surface area contributed by atoms with E-state index in [0.717, 1.165) is 5.56 Å². The number of rotatable bonds is 0. The third-order valence-electron chi connectivity index (χ3n) is 1.87. The van der Waals surface area contributed by atoms with E-state index in [1.54, 1.807) is 12.1 Å². The summed E-state index contributed by atoms with van der Waals surface area (Å²) in [6.45, 7) is 4.00. The Morgan fingerprint density at radius 3 is 2.31 bits per heavy atom. The predicted molar refractivity (Wildman–Crippen MR) is 50.8 cm³/mol. The van der Waals surface area contributed by atoms with E-state index in [1.165, 1.54) is 0 Å². The molecule has 1 aliphatic rings. The van der Waals surface area contributed by atoms with E-state index in [-0.39, 0.29) is 18.0 Å². The van der Waals surface area contributed by atoms with Crippen LogP contribution in [0.4, 0.5) is 0 Å². The smallest absolute Gasteiger partial charge is 0.229 e. The Morgan fingerprint density at radius 2 is 1.69 bits per heavy atom. The normalized spacial score (nSPS) is 13.4. The molecule has 2 heteroatoms. The van der Waals surface area contributed by atoms with Crippen LogP contribution in [0.25, 0.3) is 0 Å². The molecule has 68 valence electrons. The molecule has 0 fully saturated rings. The van der Waals surface area contributed by atoms with E-state index in [4.69, 9.17) is 0 Å². The van der Waals surface area contributed by atoms with Crippen molar-refractivity contribution in [2.45, 2.75) is 20.3 Å². The maximum Gasteiger partial charge on any atom is 0.229 e. The van der Waals surface area contributed by atoms with Gasteiger partial charge < -0.3 is 0 Å². The summed E-state index contributed by atoms with van der Waals surface area (Å²) < 4.78 is 0. The van der Waals surface area contributed by atoms with Crippen molar-refractivity contribution in [2.75, 3.05) is 0 Å². The maximum absolute atomic E-state index is 11.0. The highest BCUT2D eigenvalue weighted by atomic mass is 16.2. The van der Waals surface area contributed by atoms with Crippen LogP contribution >= 0.6 is 0 Å². The van der Waals surface area contributed by atoms with Crippen molar-refractivity contribution >= 4 is 11.6 Å². The van der Waals surface area contributed by atoms with E-state index in [0.29, 0.717) is 5.56 Å². The lowest BCUT2D eigenvalue weighted by Gasteiger charge is -1.90. The lowest BCUT2D eigenvalue weighted by Crippen LogP contribution is -2.05. The quantitative estimate of drug-likeness (QED) is 0.567. The molecule has 1 aliphatic carbocycles. The summed E-state index contributed by atoms with van der Waals surface area (Å²) in [5.74, 6) is -0.619. The van der Waals surface area contributed by atoms with Crippen molar-refractivity contribution in [3.8, 4) is 0 Å². The van der Waals surface area contributed by atoms with Gasteiger partial charge in [0.1, 0.15) is 0 Å². The molecule has 0 unspecified atom stereocenters. The van der Waals surface area contributed by atoms with E-state index in [9.17, 15) is 9.59 Å². The zero-order valence-electron chi connectivity index (χ0n) is 7.83. The third kappa shape index (κ3) is 1.66. The minimum Gasteiger partial charge on any atom is -0.290 e. The highest BCUT2D eigenvalue weighted by molar-refractivity contribution is 6.47. The van der Waals surface area contributed by atoms with Gasteiger partial charge in [0.15, 0.2) is 0 Å². The molecule has 0 aromatic heterocycles. The fourth-order valence-corrected chi connectivity index (χ4v) is 1.30. The van der Waals surface area contributed by atoms with Gasteiger partial charge in [-0.1, -0.05) is 38.1 Å². The second-order valence-corrected chi connectivity index (χ2v) is 2.59. The largest absolute Gasteiger partial charge is 0.290 e. The van der Waals surface area contributed by atoms with E-state index < -0.39 is 0 Å². The fourth-order valence-electron chi connectivity index (χ4n) is 1.30. The van der Waals surface area contributed by atoms with Crippen LogP contribution in [0.5, 0.6) is 0 Å². The summed E-state index contributed by atoms with van der Waals surface area (Å²) in [5, 5.41) is 0. The summed E-state index contributed by atoms with van der Waals surface area (Å²) in [6, 6.07) is 7.13. The second-order valence-electron chi connectivity index (χ2n) is 2.59. The Morgan fingerprint density at radius 1 is 1.08 bits per heavy atom. The van der Waals surface area contributed by atoms with Gasteiger partial charge in [0, 0.05) is 12.0 Å². The molecule has 0 saturated carbocycles. The Bertz CT molecular complexity index is 340. The number of fused-ring (bicyclic) bond motifs is 1. The first-order valence-electron chi connectivity index (χ1n) is 4.44. The molecule has 0 atom stereocenters. The number of hydrogen-bond donors (Lipinski definition) is 0. The van der Waals surface area contributed by atoms with Gasteiger partial charge in [-0.25, -0.2) is 0 Å². The van der Waals surface area contributed by atoms with Crippen molar-refractivity contribution in [3.05, 3.63) is 35.4 Å². The van der Waals surface area contributed by atoms with Crippen LogP contribution in [0.1, 0.15) is 29.8 Å². The summed E-state index contributed by atoms with van der Waals surface area (Å²) in [4.78, 5) is 21.9. The average molecular weight is 176 g/mol. The van der Waals surface area contributed by atoms with E-state index in [1.807, 2.05) is 26.0 Å². The van der Waals surface area contributed by atoms with Gasteiger partial charge in [0.2, 0.25) is 11.6 Å². The molecule has 0 saturated heterocycles. The number of Topliss-reactive ketones (excluding diaryl/α,β-unsaturated/α-hetero) is 2. The van der Waals surface area contributed by atoms with Gasteiger partial charge in [-0.3, -0.25) is 9.59 Å². The number of hydrogen-bond acceptors (Lipinski definition) is 2. The van der Waals surface area contributed by atoms with Gasteiger partial charge >= 0.3 is 0 Å². The highest BCUT2D eigenvalue weighted by Crippen LogP contribution is 2.18. The van der Waals surface area contributed by atoms with Gasteiger partial charge in [-0.05, 0) is 5.56 Å². The van der Waals surface area contributed by atoms with E-state index >= 15 is 0 Å². The lowest BCUT2D eigenvalue weighted by molar-refractivity contribution is -0.114. The molecule has 0 spiro atoms. The molecule has 0 radical (unpaired) electrons. The van der Waals surface area contributed by atoms with Crippen molar-refractivity contribution in [1.29, 1.82) is 0 Å². The van der Waals surface area contributed by atoms with Crippen molar-refractivity contribution in [2.24, 2.45) is 0 Å².